The quantitative estimate of drug-likeness (QED) is 0.887. The van der Waals surface area contributed by atoms with Crippen LogP contribution in [0.3, 0.4) is 0 Å². The summed E-state index contributed by atoms with van der Waals surface area (Å²) in [7, 11) is 0. The van der Waals surface area contributed by atoms with Crippen LogP contribution in [0.15, 0.2) is 18.3 Å². The fourth-order valence-electron chi connectivity index (χ4n) is 2.62. The maximum absolute atomic E-state index is 5.97. The zero-order valence-corrected chi connectivity index (χ0v) is 11.4. The molecule has 18 heavy (non-hydrogen) atoms. The first kappa shape index (κ1) is 13.3. The molecule has 1 aromatic rings. The number of hydrogen-bond donors (Lipinski definition) is 1. The zero-order chi connectivity index (χ0) is 13.0. The molecule has 0 spiro atoms. The fraction of sp³-hybridized carbons (Fsp3) is 0.667. The Morgan fingerprint density at radius 1 is 1.44 bits per heavy atom. The van der Waals surface area contributed by atoms with Crippen molar-refractivity contribution >= 4 is 0 Å². The summed E-state index contributed by atoms with van der Waals surface area (Å²) in [5.74, 6) is 1.56. The van der Waals surface area contributed by atoms with E-state index in [0.717, 1.165) is 23.8 Å². The van der Waals surface area contributed by atoms with Crippen molar-refractivity contribution in [3.05, 3.63) is 23.9 Å². The third-order valence-electron chi connectivity index (χ3n) is 3.88. The van der Waals surface area contributed by atoms with Gasteiger partial charge in [-0.2, -0.15) is 0 Å². The first-order chi connectivity index (χ1) is 8.69. The van der Waals surface area contributed by atoms with Crippen molar-refractivity contribution in [2.24, 2.45) is 11.7 Å². The van der Waals surface area contributed by atoms with Crippen molar-refractivity contribution in [1.29, 1.82) is 0 Å². The number of pyridine rings is 1. The minimum Gasteiger partial charge on any atom is -0.474 e. The standard InChI is InChI=1S/C15H24N2O/c1-3-12-5-4-6-14(9-12)18-15-8-7-13(10-17-15)11(2)16/h7-8,10-12,14H,3-6,9,16H2,1-2H3. The SMILES string of the molecule is CCC1CCCC(Oc2ccc(C(C)N)cn2)C1. The Kier molecular flexibility index (Phi) is 4.59. The topological polar surface area (TPSA) is 48.1 Å². The summed E-state index contributed by atoms with van der Waals surface area (Å²) in [6.45, 7) is 4.23. The van der Waals surface area contributed by atoms with Gasteiger partial charge in [-0.1, -0.05) is 25.8 Å². The van der Waals surface area contributed by atoms with Crippen LogP contribution in [0.25, 0.3) is 0 Å². The predicted octanol–water partition coefficient (Wildman–Crippen LogP) is 3.45. The lowest BCUT2D eigenvalue weighted by Gasteiger charge is -2.28. The molecule has 1 aliphatic rings. The maximum atomic E-state index is 5.97. The average molecular weight is 248 g/mol. The molecule has 100 valence electrons. The highest BCUT2D eigenvalue weighted by molar-refractivity contribution is 5.20. The van der Waals surface area contributed by atoms with Gasteiger partial charge >= 0.3 is 0 Å². The van der Waals surface area contributed by atoms with Gasteiger partial charge < -0.3 is 10.5 Å². The van der Waals surface area contributed by atoms with E-state index in [0.29, 0.717) is 6.10 Å². The number of nitrogens with zero attached hydrogens (tertiary/aromatic N) is 1. The van der Waals surface area contributed by atoms with Crippen molar-refractivity contribution in [2.45, 2.75) is 58.1 Å². The molecule has 0 aliphatic heterocycles. The Morgan fingerprint density at radius 3 is 2.89 bits per heavy atom. The molecule has 0 amide bonds. The zero-order valence-electron chi connectivity index (χ0n) is 11.4. The second kappa shape index (κ2) is 6.19. The minimum atomic E-state index is 0.0331. The number of rotatable bonds is 4. The summed E-state index contributed by atoms with van der Waals surface area (Å²) in [6, 6.07) is 3.98. The summed E-state index contributed by atoms with van der Waals surface area (Å²) in [5.41, 5.74) is 6.86. The molecule has 2 N–H and O–H groups in total. The summed E-state index contributed by atoms with van der Waals surface area (Å²) in [6.07, 6.45) is 8.39. The van der Waals surface area contributed by atoms with Crippen molar-refractivity contribution in [2.75, 3.05) is 0 Å². The van der Waals surface area contributed by atoms with Crippen LogP contribution in [0.5, 0.6) is 5.88 Å². The molecular weight excluding hydrogens is 224 g/mol. The van der Waals surface area contributed by atoms with Gasteiger partial charge in [0.15, 0.2) is 0 Å². The molecular formula is C15H24N2O. The highest BCUT2D eigenvalue weighted by Gasteiger charge is 2.22. The van der Waals surface area contributed by atoms with Crippen LogP contribution in [0.1, 0.15) is 57.6 Å². The van der Waals surface area contributed by atoms with Gasteiger partial charge in [0.1, 0.15) is 6.10 Å². The molecule has 3 unspecified atom stereocenters. The molecule has 0 aromatic carbocycles. The normalized spacial score (nSPS) is 25.7. The third-order valence-corrected chi connectivity index (χ3v) is 3.88. The number of hydrogen-bond acceptors (Lipinski definition) is 3. The van der Waals surface area contributed by atoms with Crippen LogP contribution in [-0.2, 0) is 0 Å². The summed E-state index contributed by atoms with van der Waals surface area (Å²) in [5, 5.41) is 0. The van der Waals surface area contributed by atoms with Crippen LogP contribution < -0.4 is 10.5 Å². The fourth-order valence-corrected chi connectivity index (χ4v) is 2.62. The van der Waals surface area contributed by atoms with Crippen LogP contribution in [0.4, 0.5) is 0 Å². The lowest BCUT2D eigenvalue weighted by Crippen LogP contribution is -2.25. The Bertz CT molecular complexity index is 361. The highest BCUT2D eigenvalue weighted by Crippen LogP contribution is 2.29. The molecule has 2 rings (SSSR count). The average Bonchev–Trinajstić information content (AvgIpc) is 2.39. The summed E-state index contributed by atoms with van der Waals surface area (Å²) >= 11 is 0. The van der Waals surface area contributed by atoms with Gasteiger partial charge in [0.25, 0.3) is 0 Å². The van der Waals surface area contributed by atoms with E-state index in [4.69, 9.17) is 10.5 Å². The molecule has 0 radical (unpaired) electrons. The van der Waals surface area contributed by atoms with Crippen LogP contribution in [-0.4, -0.2) is 11.1 Å². The van der Waals surface area contributed by atoms with Gasteiger partial charge in [0, 0.05) is 18.3 Å². The van der Waals surface area contributed by atoms with E-state index in [9.17, 15) is 0 Å². The Hall–Kier alpha value is -1.09. The minimum absolute atomic E-state index is 0.0331. The largest absolute Gasteiger partial charge is 0.474 e. The van der Waals surface area contributed by atoms with Gasteiger partial charge in [-0.25, -0.2) is 4.98 Å². The van der Waals surface area contributed by atoms with Crippen molar-refractivity contribution in [3.63, 3.8) is 0 Å². The van der Waals surface area contributed by atoms with E-state index >= 15 is 0 Å². The van der Waals surface area contributed by atoms with E-state index < -0.39 is 0 Å². The van der Waals surface area contributed by atoms with Crippen LogP contribution in [0.2, 0.25) is 0 Å². The number of ether oxygens (including phenoxy) is 1. The highest BCUT2D eigenvalue weighted by atomic mass is 16.5. The summed E-state index contributed by atoms with van der Waals surface area (Å²) < 4.78 is 5.97. The first-order valence-electron chi connectivity index (χ1n) is 7.07. The van der Waals surface area contributed by atoms with Crippen molar-refractivity contribution in [1.82, 2.24) is 4.98 Å². The molecule has 3 nitrogen and oxygen atoms in total. The summed E-state index contributed by atoms with van der Waals surface area (Å²) in [4.78, 5) is 4.34. The number of aromatic nitrogens is 1. The smallest absolute Gasteiger partial charge is 0.213 e. The lowest BCUT2D eigenvalue weighted by atomic mass is 9.85. The maximum Gasteiger partial charge on any atom is 0.213 e. The van der Waals surface area contributed by atoms with Gasteiger partial charge in [0.2, 0.25) is 5.88 Å². The Balaban J connectivity index is 1.92. The second-order valence-electron chi connectivity index (χ2n) is 5.40. The monoisotopic (exact) mass is 248 g/mol. The Labute approximate surface area is 110 Å². The molecule has 1 heterocycles. The van der Waals surface area contributed by atoms with Crippen molar-refractivity contribution in [3.8, 4) is 5.88 Å². The van der Waals surface area contributed by atoms with Gasteiger partial charge in [-0.3, -0.25) is 0 Å². The van der Waals surface area contributed by atoms with Crippen molar-refractivity contribution < 1.29 is 4.74 Å². The van der Waals surface area contributed by atoms with Crippen LogP contribution in [0, 0.1) is 5.92 Å². The van der Waals surface area contributed by atoms with E-state index in [1.807, 2.05) is 25.3 Å². The Morgan fingerprint density at radius 2 is 2.28 bits per heavy atom. The van der Waals surface area contributed by atoms with E-state index in [2.05, 4.69) is 11.9 Å². The number of nitrogens with two attached hydrogens (primary N) is 1. The van der Waals surface area contributed by atoms with E-state index in [-0.39, 0.29) is 6.04 Å². The molecule has 1 aliphatic carbocycles. The molecule has 0 bridgehead atoms. The lowest BCUT2D eigenvalue weighted by molar-refractivity contribution is 0.117. The van der Waals surface area contributed by atoms with Gasteiger partial charge in [-0.15, -0.1) is 0 Å². The van der Waals surface area contributed by atoms with E-state index in [1.54, 1.807) is 0 Å². The first-order valence-corrected chi connectivity index (χ1v) is 7.07. The van der Waals surface area contributed by atoms with Gasteiger partial charge in [-0.05, 0) is 37.7 Å². The molecule has 3 atom stereocenters. The molecule has 1 aromatic heterocycles. The third kappa shape index (κ3) is 3.45. The second-order valence-corrected chi connectivity index (χ2v) is 5.40. The molecule has 1 fully saturated rings. The molecule has 3 heteroatoms. The molecule has 1 saturated carbocycles. The van der Waals surface area contributed by atoms with Crippen LogP contribution >= 0.6 is 0 Å². The van der Waals surface area contributed by atoms with E-state index in [1.165, 1.54) is 25.7 Å². The van der Waals surface area contributed by atoms with Gasteiger partial charge in [0.05, 0.1) is 0 Å². The predicted molar refractivity (Wildman–Crippen MR) is 73.5 cm³/mol. The molecule has 0 saturated heterocycles.